The first-order chi connectivity index (χ1) is 12.5. The Morgan fingerprint density at radius 3 is 2.50 bits per heavy atom. The zero-order valence-electron chi connectivity index (χ0n) is 14.0. The van der Waals surface area contributed by atoms with Gasteiger partial charge in [0.1, 0.15) is 5.76 Å². The molecule has 0 bridgehead atoms. The van der Waals surface area contributed by atoms with Gasteiger partial charge in [-0.05, 0) is 43.5 Å². The number of rotatable bonds is 8. The van der Waals surface area contributed by atoms with Crippen molar-refractivity contribution in [3.05, 3.63) is 39.7 Å². The molecule has 3 aromatic rings. The van der Waals surface area contributed by atoms with Crippen molar-refractivity contribution >= 4 is 35.0 Å². The minimum atomic E-state index is 0.331. The predicted molar refractivity (Wildman–Crippen MR) is 98.8 cm³/mol. The van der Waals surface area contributed by atoms with Crippen molar-refractivity contribution in [2.45, 2.75) is 32.6 Å². The molecule has 7 nitrogen and oxygen atoms in total. The van der Waals surface area contributed by atoms with E-state index in [9.17, 15) is 0 Å². The van der Waals surface area contributed by atoms with Crippen LogP contribution in [0.25, 0.3) is 11.4 Å². The molecule has 0 unspecified atom stereocenters. The van der Waals surface area contributed by atoms with Gasteiger partial charge in [-0.25, -0.2) is 0 Å². The van der Waals surface area contributed by atoms with E-state index < -0.39 is 0 Å². The van der Waals surface area contributed by atoms with Crippen LogP contribution in [0, 0.1) is 6.92 Å². The SMILES string of the molecule is Cc1cc(CCCCCOc2c(Cl)cc(-c3nnn(Cl)n3)cc2Cl)on1. The molecular formula is C16H16Cl3N5O2. The van der Waals surface area contributed by atoms with Crippen LogP contribution < -0.4 is 4.74 Å². The standard InChI is InChI=1S/C16H16Cl3N5O2/c1-10-7-12(26-22-10)5-3-2-4-6-25-15-13(17)8-11(9-14(15)18)16-20-23-24(19)21-16/h7-9H,2-6H2,1H3. The highest BCUT2D eigenvalue weighted by atomic mass is 35.5. The number of aromatic nitrogens is 5. The molecule has 0 fully saturated rings. The molecule has 0 amide bonds. The van der Waals surface area contributed by atoms with Crippen molar-refractivity contribution in [3.63, 3.8) is 0 Å². The molecule has 0 N–H and O–H groups in total. The van der Waals surface area contributed by atoms with Crippen LogP contribution in [0.2, 0.25) is 10.0 Å². The molecule has 0 atom stereocenters. The summed E-state index contributed by atoms with van der Waals surface area (Å²) >= 11 is 18.1. The van der Waals surface area contributed by atoms with Crippen LogP contribution in [-0.2, 0) is 6.42 Å². The fraction of sp³-hybridized carbons (Fsp3) is 0.375. The Morgan fingerprint density at radius 1 is 1.12 bits per heavy atom. The lowest BCUT2D eigenvalue weighted by Crippen LogP contribution is -1.99. The Labute approximate surface area is 165 Å². The third-order valence-corrected chi connectivity index (χ3v) is 4.34. The van der Waals surface area contributed by atoms with Crippen molar-refractivity contribution in [3.8, 4) is 17.1 Å². The Balaban J connectivity index is 1.48. The number of unbranched alkanes of at least 4 members (excludes halogenated alkanes) is 2. The van der Waals surface area contributed by atoms with Crippen molar-refractivity contribution in [1.82, 2.24) is 24.9 Å². The first-order valence-corrected chi connectivity index (χ1v) is 9.13. The van der Waals surface area contributed by atoms with E-state index in [1.54, 1.807) is 12.1 Å². The van der Waals surface area contributed by atoms with Gasteiger partial charge in [-0.1, -0.05) is 32.7 Å². The minimum Gasteiger partial charge on any atom is -0.490 e. The van der Waals surface area contributed by atoms with Gasteiger partial charge in [-0.3, -0.25) is 0 Å². The average Bonchev–Trinajstić information content (AvgIpc) is 3.21. The summed E-state index contributed by atoms with van der Waals surface area (Å²) in [5, 5.41) is 15.9. The molecule has 0 aliphatic heterocycles. The summed E-state index contributed by atoms with van der Waals surface area (Å²) in [6.45, 7) is 2.43. The van der Waals surface area contributed by atoms with Gasteiger partial charge in [0.2, 0.25) is 5.82 Å². The van der Waals surface area contributed by atoms with Crippen molar-refractivity contribution < 1.29 is 9.26 Å². The van der Waals surface area contributed by atoms with Crippen LogP contribution in [0.3, 0.4) is 0 Å². The van der Waals surface area contributed by atoms with Crippen LogP contribution in [0.1, 0.15) is 30.7 Å². The highest BCUT2D eigenvalue weighted by Gasteiger charge is 2.14. The van der Waals surface area contributed by atoms with Crippen molar-refractivity contribution in [1.29, 1.82) is 0 Å². The summed E-state index contributed by atoms with van der Waals surface area (Å²) in [7, 11) is 0. The van der Waals surface area contributed by atoms with E-state index in [1.165, 1.54) is 0 Å². The lowest BCUT2D eigenvalue weighted by Gasteiger charge is -2.10. The zero-order chi connectivity index (χ0) is 18.5. The lowest BCUT2D eigenvalue weighted by molar-refractivity contribution is 0.303. The van der Waals surface area contributed by atoms with E-state index >= 15 is 0 Å². The molecule has 0 aliphatic rings. The van der Waals surface area contributed by atoms with Crippen molar-refractivity contribution in [2.75, 3.05) is 6.61 Å². The topological polar surface area (TPSA) is 78.9 Å². The number of halogens is 3. The zero-order valence-corrected chi connectivity index (χ0v) is 16.2. The Hall–Kier alpha value is -1.83. The molecule has 0 spiro atoms. The minimum absolute atomic E-state index is 0.331. The van der Waals surface area contributed by atoms with Gasteiger partial charge in [0, 0.05) is 18.1 Å². The summed E-state index contributed by atoms with van der Waals surface area (Å²) in [5.41, 5.74) is 1.52. The molecule has 3 rings (SSSR count). The maximum absolute atomic E-state index is 6.27. The second-order valence-electron chi connectivity index (χ2n) is 5.72. The van der Waals surface area contributed by atoms with Gasteiger partial charge in [-0.2, -0.15) is 0 Å². The third-order valence-electron chi connectivity index (χ3n) is 3.64. The van der Waals surface area contributed by atoms with E-state index in [2.05, 4.69) is 20.6 Å². The first kappa shape index (κ1) is 18.9. The van der Waals surface area contributed by atoms with Gasteiger partial charge in [-0.15, -0.1) is 10.2 Å². The monoisotopic (exact) mass is 415 g/mol. The summed E-state index contributed by atoms with van der Waals surface area (Å²) in [4.78, 5) is 0. The van der Waals surface area contributed by atoms with Crippen LogP contribution in [0.5, 0.6) is 5.75 Å². The highest BCUT2D eigenvalue weighted by molar-refractivity contribution is 6.37. The Kier molecular flexibility index (Phi) is 6.34. The third kappa shape index (κ3) is 4.87. The predicted octanol–water partition coefficient (Wildman–Crippen LogP) is 4.74. The van der Waals surface area contributed by atoms with Gasteiger partial charge in [0.15, 0.2) is 5.75 Å². The Morgan fingerprint density at radius 2 is 1.88 bits per heavy atom. The average molecular weight is 417 g/mol. The van der Waals surface area contributed by atoms with Crippen LogP contribution >= 0.6 is 35.0 Å². The van der Waals surface area contributed by atoms with E-state index in [1.807, 2.05) is 13.0 Å². The quantitative estimate of drug-likeness (QED) is 0.494. The van der Waals surface area contributed by atoms with Gasteiger partial charge in [0.25, 0.3) is 0 Å². The maximum atomic E-state index is 6.27. The number of hydrogen-bond acceptors (Lipinski definition) is 6. The number of aryl methyl sites for hydroxylation is 2. The van der Waals surface area contributed by atoms with Crippen molar-refractivity contribution in [2.24, 2.45) is 0 Å². The summed E-state index contributed by atoms with van der Waals surface area (Å²) in [6, 6.07) is 5.29. The largest absolute Gasteiger partial charge is 0.490 e. The molecule has 2 heterocycles. The number of ether oxygens (including phenoxy) is 1. The molecule has 10 heteroatoms. The number of tetrazole rings is 1. The van der Waals surface area contributed by atoms with Crippen LogP contribution in [-0.4, -0.2) is 31.5 Å². The van der Waals surface area contributed by atoms with Gasteiger partial charge in [0.05, 0.1) is 34.1 Å². The highest BCUT2D eigenvalue weighted by Crippen LogP contribution is 2.36. The molecule has 0 saturated carbocycles. The fourth-order valence-corrected chi connectivity index (χ4v) is 3.13. The van der Waals surface area contributed by atoms with Gasteiger partial charge >= 0.3 is 0 Å². The molecule has 0 saturated heterocycles. The number of nitrogens with zero attached hydrogens (tertiary/aromatic N) is 5. The van der Waals surface area contributed by atoms with E-state index in [-0.39, 0.29) is 0 Å². The van der Waals surface area contributed by atoms with Gasteiger partial charge < -0.3 is 9.26 Å². The van der Waals surface area contributed by atoms with E-state index in [4.69, 9.17) is 44.2 Å². The first-order valence-electron chi connectivity index (χ1n) is 8.03. The molecule has 0 radical (unpaired) electrons. The second kappa shape index (κ2) is 8.70. The normalized spacial score (nSPS) is 11.1. The number of hydrogen-bond donors (Lipinski definition) is 0. The smallest absolute Gasteiger partial charge is 0.206 e. The molecule has 138 valence electrons. The maximum Gasteiger partial charge on any atom is 0.206 e. The molecule has 0 aliphatic carbocycles. The molecule has 2 aromatic heterocycles. The molecule has 26 heavy (non-hydrogen) atoms. The fourth-order valence-electron chi connectivity index (χ4n) is 2.43. The van der Waals surface area contributed by atoms with E-state index in [0.717, 1.165) is 41.5 Å². The molecule has 1 aromatic carbocycles. The Bertz CT molecular complexity index is 857. The summed E-state index contributed by atoms with van der Waals surface area (Å²) in [5.74, 6) is 1.69. The summed E-state index contributed by atoms with van der Waals surface area (Å²) < 4.78 is 11.8. The lowest BCUT2D eigenvalue weighted by atomic mass is 10.1. The van der Waals surface area contributed by atoms with Crippen LogP contribution in [0.15, 0.2) is 22.7 Å². The second-order valence-corrected chi connectivity index (χ2v) is 6.83. The van der Waals surface area contributed by atoms with E-state index in [0.29, 0.717) is 33.8 Å². The summed E-state index contributed by atoms with van der Waals surface area (Å²) in [6.07, 6.45) is 3.74. The van der Waals surface area contributed by atoms with Crippen LogP contribution in [0.4, 0.5) is 0 Å². The number of benzene rings is 1. The molecular weight excluding hydrogens is 401 g/mol.